The molecule has 0 unspecified atom stereocenters. The largest absolute Gasteiger partial charge is 0.496 e. The fourth-order valence-electron chi connectivity index (χ4n) is 4.40. The van der Waals surface area contributed by atoms with Gasteiger partial charge in [0.15, 0.2) is 5.70 Å². The number of hydrogen-bond acceptors (Lipinski definition) is 7. The second-order valence-corrected chi connectivity index (χ2v) is 8.32. The number of piperazine rings is 1. The number of ether oxygens (including phenoxy) is 2. The third-order valence-electron chi connectivity index (χ3n) is 6.21. The van der Waals surface area contributed by atoms with Gasteiger partial charge in [0.05, 0.1) is 23.7 Å². The van der Waals surface area contributed by atoms with Crippen molar-refractivity contribution >= 4 is 39.6 Å². The molecule has 3 aromatic carbocycles. The first-order valence-corrected chi connectivity index (χ1v) is 11.2. The summed E-state index contributed by atoms with van der Waals surface area (Å²) in [6.07, 6.45) is 1.79. The number of hydrogen-bond donors (Lipinski definition) is 1. The number of methoxy groups -OCH3 is 1. The SMILES string of the molecule is COc1cc2ccccc2cc1C1=NC(=CN2CCN(c3nc4ccccc4[nH]3)CC2)C(=O)O1. The molecule has 34 heavy (non-hydrogen) atoms. The van der Waals surface area contributed by atoms with Gasteiger partial charge in [0.2, 0.25) is 11.8 Å². The molecule has 1 N–H and O–H groups in total. The van der Waals surface area contributed by atoms with E-state index in [0.29, 0.717) is 17.0 Å². The summed E-state index contributed by atoms with van der Waals surface area (Å²) in [5.41, 5.74) is 2.94. The molecule has 0 aliphatic carbocycles. The molecule has 0 saturated carbocycles. The number of esters is 1. The second-order valence-electron chi connectivity index (χ2n) is 8.32. The summed E-state index contributed by atoms with van der Waals surface area (Å²) >= 11 is 0. The molecular weight excluding hydrogens is 430 g/mol. The molecule has 0 amide bonds. The Bertz CT molecular complexity index is 1430. The van der Waals surface area contributed by atoms with Crippen LogP contribution in [0.4, 0.5) is 5.95 Å². The molecule has 4 aromatic rings. The molecular formula is C26H23N5O3. The highest BCUT2D eigenvalue weighted by molar-refractivity contribution is 6.13. The van der Waals surface area contributed by atoms with Gasteiger partial charge in [0, 0.05) is 32.4 Å². The van der Waals surface area contributed by atoms with E-state index in [9.17, 15) is 4.79 Å². The predicted molar refractivity (Wildman–Crippen MR) is 131 cm³/mol. The van der Waals surface area contributed by atoms with Crippen molar-refractivity contribution < 1.29 is 14.3 Å². The average Bonchev–Trinajstić information content (AvgIpc) is 3.47. The van der Waals surface area contributed by atoms with E-state index in [2.05, 4.69) is 24.8 Å². The minimum Gasteiger partial charge on any atom is -0.496 e. The molecule has 1 aromatic heterocycles. The summed E-state index contributed by atoms with van der Waals surface area (Å²) in [7, 11) is 1.60. The highest BCUT2D eigenvalue weighted by Crippen LogP contribution is 2.29. The Balaban J connectivity index is 1.20. The van der Waals surface area contributed by atoms with E-state index >= 15 is 0 Å². The standard InChI is InChI=1S/C26H23N5O3/c1-33-23-15-18-7-3-2-6-17(18)14-19(23)24-27-22(25(32)34-24)16-30-10-12-31(13-11-30)26-28-20-8-4-5-9-21(20)29-26/h2-9,14-16H,10-13H2,1H3,(H,28,29). The van der Waals surface area contributed by atoms with Gasteiger partial charge in [-0.2, -0.15) is 0 Å². The van der Waals surface area contributed by atoms with Crippen molar-refractivity contribution in [1.29, 1.82) is 0 Å². The number of anilines is 1. The minimum atomic E-state index is -0.454. The zero-order valence-electron chi connectivity index (χ0n) is 18.7. The zero-order valence-corrected chi connectivity index (χ0v) is 18.7. The van der Waals surface area contributed by atoms with Gasteiger partial charge in [-0.25, -0.2) is 14.8 Å². The number of H-pyrrole nitrogens is 1. The van der Waals surface area contributed by atoms with Crippen molar-refractivity contribution in [3.05, 3.63) is 78.1 Å². The van der Waals surface area contributed by atoms with Gasteiger partial charge in [0.25, 0.3) is 0 Å². The second kappa shape index (κ2) is 8.22. The molecule has 2 aliphatic rings. The summed E-state index contributed by atoms with van der Waals surface area (Å²) in [5, 5.41) is 2.07. The van der Waals surface area contributed by atoms with Crippen LogP contribution >= 0.6 is 0 Å². The van der Waals surface area contributed by atoms with Crippen molar-refractivity contribution in [1.82, 2.24) is 14.9 Å². The van der Waals surface area contributed by atoms with Gasteiger partial charge in [-0.1, -0.05) is 36.4 Å². The zero-order chi connectivity index (χ0) is 23.1. The van der Waals surface area contributed by atoms with Gasteiger partial charge in [-0.05, 0) is 35.0 Å². The van der Waals surface area contributed by atoms with Crippen LogP contribution < -0.4 is 9.64 Å². The molecule has 8 nitrogen and oxygen atoms in total. The number of aromatic amines is 1. The summed E-state index contributed by atoms with van der Waals surface area (Å²) < 4.78 is 11.1. The Hall–Kier alpha value is -4.33. The molecule has 2 aliphatic heterocycles. The van der Waals surface area contributed by atoms with Crippen LogP contribution in [-0.2, 0) is 9.53 Å². The summed E-state index contributed by atoms with van der Waals surface area (Å²) in [5.74, 6) is 1.30. The van der Waals surface area contributed by atoms with E-state index in [0.717, 1.165) is 53.9 Å². The van der Waals surface area contributed by atoms with Crippen LogP contribution in [-0.4, -0.2) is 60.0 Å². The molecule has 0 spiro atoms. The number of carbonyl (C=O) groups is 1. The smallest absolute Gasteiger partial charge is 0.365 e. The van der Waals surface area contributed by atoms with Gasteiger partial charge in [0.1, 0.15) is 5.75 Å². The van der Waals surface area contributed by atoms with Crippen LogP contribution in [0.1, 0.15) is 5.56 Å². The normalized spacial score (nSPS) is 17.5. The van der Waals surface area contributed by atoms with Gasteiger partial charge >= 0.3 is 5.97 Å². The number of nitrogens with zero attached hydrogens (tertiary/aromatic N) is 4. The van der Waals surface area contributed by atoms with Crippen molar-refractivity contribution in [3.63, 3.8) is 0 Å². The maximum atomic E-state index is 12.6. The summed E-state index contributed by atoms with van der Waals surface area (Å²) in [6.45, 7) is 3.07. The van der Waals surface area contributed by atoms with E-state index in [1.807, 2.05) is 60.7 Å². The first-order chi connectivity index (χ1) is 16.7. The topological polar surface area (TPSA) is 83.0 Å². The van der Waals surface area contributed by atoms with E-state index in [1.54, 1.807) is 13.3 Å². The molecule has 0 bridgehead atoms. The number of benzene rings is 3. The number of para-hydroxylation sites is 2. The van der Waals surface area contributed by atoms with Crippen LogP contribution in [0.2, 0.25) is 0 Å². The Labute approximate surface area is 196 Å². The molecule has 1 fully saturated rings. The third-order valence-corrected chi connectivity index (χ3v) is 6.21. The monoisotopic (exact) mass is 453 g/mol. The number of fused-ring (bicyclic) bond motifs is 2. The van der Waals surface area contributed by atoms with Crippen molar-refractivity contribution in [3.8, 4) is 5.75 Å². The van der Waals surface area contributed by atoms with Crippen LogP contribution in [0.25, 0.3) is 21.8 Å². The third kappa shape index (κ3) is 3.63. The lowest BCUT2D eigenvalue weighted by molar-refractivity contribution is -0.130. The molecule has 3 heterocycles. The number of aliphatic imine (C=N–C) groups is 1. The number of imidazole rings is 1. The van der Waals surface area contributed by atoms with E-state index in [4.69, 9.17) is 9.47 Å². The van der Waals surface area contributed by atoms with Crippen molar-refractivity contribution in [2.45, 2.75) is 0 Å². The van der Waals surface area contributed by atoms with Gasteiger partial charge < -0.3 is 24.3 Å². The van der Waals surface area contributed by atoms with E-state index in [1.165, 1.54) is 0 Å². The number of carbonyl (C=O) groups excluding carboxylic acids is 1. The molecule has 170 valence electrons. The first kappa shape index (κ1) is 20.3. The van der Waals surface area contributed by atoms with Crippen LogP contribution in [0.3, 0.4) is 0 Å². The first-order valence-electron chi connectivity index (χ1n) is 11.2. The number of aromatic nitrogens is 2. The molecule has 0 radical (unpaired) electrons. The number of cyclic esters (lactones) is 1. The highest BCUT2D eigenvalue weighted by atomic mass is 16.6. The van der Waals surface area contributed by atoms with Crippen LogP contribution in [0.5, 0.6) is 5.75 Å². The van der Waals surface area contributed by atoms with Crippen LogP contribution in [0, 0.1) is 0 Å². The molecule has 6 rings (SSSR count). The predicted octanol–water partition coefficient (Wildman–Crippen LogP) is 3.69. The van der Waals surface area contributed by atoms with Crippen LogP contribution in [0.15, 0.2) is 77.6 Å². The van der Waals surface area contributed by atoms with Crippen molar-refractivity contribution in [2.75, 3.05) is 38.2 Å². The van der Waals surface area contributed by atoms with Crippen molar-refractivity contribution in [2.24, 2.45) is 4.99 Å². The number of rotatable bonds is 4. The molecule has 0 atom stereocenters. The number of nitrogens with one attached hydrogen (secondary N) is 1. The molecule has 8 heteroatoms. The Morgan fingerprint density at radius 3 is 2.50 bits per heavy atom. The van der Waals surface area contributed by atoms with Gasteiger partial charge in [-0.3, -0.25) is 0 Å². The Kier molecular flexibility index (Phi) is 4.91. The highest BCUT2D eigenvalue weighted by Gasteiger charge is 2.28. The maximum Gasteiger partial charge on any atom is 0.365 e. The van der Waals surface area contributed by atoms with Gasteiger partial charge in [-0.15, -0.1) is 0 Å². The lowest BCUT2D eigenvalue weighted by Crippen LogP contribution is -2.44. The minimum absolute atomic E-state index is 0.264. The Morgan fingerprint density at radius 1 is 1.00 bits per heavy atom. The average molecular weight is 454 g/mol. The maximum absolute atomic E-state index is 12.6. The lowest BCUT2D eigenvalue weighted by atomic mass is 10.1. The summed E-state index contributed by atoms with van der Waals surface area (Å²) in [6, 6.07) is 19.8. The molecule has 1 saturated heterocycles. The summed E-state index contributed by atoms with van der Waals surface area (Å²) in [4.78, 5) is 29.5. The Morgan fingerprint density at radius 2 is 1.74 bits per heavy atom. The quantitative estimate of drug-likeness (QED) is 0.375. The van der Waals surface area contributed by atoms with E-state index in [-0.39, 0.29) is 5.90 Å². The lowest BCUT2D eigenvalue weighted by Gasteiger charge is -2.33. The fraction of sp³-hybridized carbons (Fsp3) is 0.192. The fourth-order valence-corrected chi connectivity index (χ4v) is 4.40. The van der Waals surface area contributed by atoms with E-state index < -0.39 is 5.97 Å².